The van der Waals surface area contributed by atoms with E-state index in [4.69, 9.17) is 14.0 Å². The first-order valence-corrected chi connectivity index (χ1v) is 24.9. The first kappa shape index (κ1) is 53.8. The van der Waals surface area contributed by atoms with Crippen molar-refractivity contribution in [1.82, 2.24) is 0 Å². The van der Waals surface area contributed by atoms with E-state index in [1.807, 2.05) is 0 Å². The molecule has 0 saturated carbocycles. The smallest absolute Gasteiger partial charge is 0.462 e. The Labute approximate surface area is 340 Å². The van der Waals surface area contributed by atoms with Crippen LogP contribution in [0.25, 0.3) is 0 Å². The van der Waals surface area contributed by atoms with Gasteiger partial charge in [0.05, 0.1) is 6.61 Å². The second-order valence-electron chi connectivity index (χ2n) is 15.9. The highest BCUT2D eigenvalue weighted by Crippen LogP contribution is 2.42. The van der Waals surface area contributed by atoms with Crippen molar-refractivity contribution in [3.05, 3.63) is 12.2 Å². The summed E-state index contributed by atoms with van der Waals surface area (Å²) in [7, 11) is -3.19. The van der Waals surface area contributed by atoms with Crippen molar-refractivity contribution in [2.45, 2.75) is 251 Å². The number of allylic oxidation sites excluding steroid dienone is 2. The number of hydrogen-bond donors (Lipinski definition) is 1. The van der Waals surface area contributed by atoms with Gasteiger partial charge in [-0.3, -0.25) is 18.6 Å². The van der Waals surface area contributed by atoms with Crippen LogP contribution in [-0.2, 0) is 32.7 Å². The Morgan fingerprint density at radius 3 is 1.20 bits per heavy atom. The number of carbonyl (C=O) groups excluding carboxylic acids is 2. The molecule has 326 valence electrons. The van der Waals surface area contributed by atoms with Gasteiger partial charge in [0.2, 0.25) is 0 Å². The molecule has 2 unspecified atom stereocenters. The topological polar surface area (TPSA) is 108 Å². The van der Waals surface area contributed by atoms with Crippen LogP contribution >= 0.6 is 7.82 Å². The molecule has 0 aromatic heterocycles. The number of hydrogen-bond acceptors (Lipinski definition) is 7. The average Bonchev–Trinajstić information content (AvgIpc) is 3.18. The van der Waals surface area contributed by atoms with Crippen LogP contribution in [0.2, 0.25) is 0 Å². The van der Waals surface area contributed by atoms with E-state index < -0.39 is 26.5 Å². The Morgan fingerprint density at radius 1 is 0.491 bits per heavy atom. The highest BCUT2D eigenvalue weighted by molar-refractivity contribution is 7.47. The minimum absolute atomic E-state index is 0.222. The third kappa shape index (κ3) is 42.2. The summed E-state index contributed by atoms with van der Waals surface area (Å²) in [4.78, 5) is 34.5. The van der Waals surface area contributed by atoms with Crippen LogP contribution in [-0.4, -0.2) is 43.3 Å². The molecule has 0 fully saturated rings. The van der Waals surface area contributed by atoms with Gasteiger partial charge in [0.25, 0.3) is 0 Å². The third-order valence-corrected chi connectivity index (χ3v) is 11.4. The van der Waals surface area contributed by atoms with Crippen LogP contribution in [0.3, 0.4) is 0 Å². The van der Waals surface area contributed by atoms with Crippen molar-refractivity contribution in [2.24, 2.45) is 0 Å². The number of phosphoric acid groups is 1. The molecule has 0 saturated heterocycles. The summed E-state index contributed by atoms with van der Waals surface area (Å²) in [6, 6.07) is 0. The number of esters is 2. The lowest BCUT2D eigenvalue weighted by molar-refractivity contribution is -0.161. The fourth-order valence-electron chi connectivity index (χ4n) is 6.89. The zero-order valence-corrected chi connectivity index (χ0v) is 37.2. The zero-order chi connectivity index (χ0) is 40.3. The first-order chi connectivity index (χ1) is 26.8. The highest BCUT2D eigenvalue weighted by Gasteiger charge is 2.24. The summed E-state index contributed by atoms with van der Waals surface area (Å²) >= 11 is 0. The Morgan fingerprint density at radius 2 is 0.818 bits per heavy atom. The molecule has 2 atom stereocenters. The summed E-state index contributed by atoms with van der Waals surface area (Å²) in [6.45, 7) is 3.90. The monoisotopic (exact) mass is 801 g/mol. The lowest BCUT2D eigenvalue weighted by Crippen LogP contribution is -2.29. The molecule has 0 aliphatic carbocycles. The number of ether oxygens (including phenoxy) is 2. The van der Waals surface area contributed by atoms with E-state index in [-0.39, 0.29) is 19.0 Å². The van der Waals surface area contributed by atoms with E-state index in [2.05, 4.69) is 30.5 Å². The molecule has 55 heavy (non-hydrogen) atoms. The number of unbranched alkanes of at least 4 members (excludes halogenated alkanes) is 31. The third-order valence-electron chi connectivity index (χ3n) is 10.5. The van der Waals surface area contributed by atoms with Crippen molar-refractivity contribution in [3.63, 3.8) is 0 Å². The van der Waals surface area contributed by atoms with Gasteiger partial charge in [-0.05, 0) is 38.5 Å². The first-order valence-electron chi connectivity index (χ1n) is 23.4. The SMILES string of the molecule is CCCCCC/C=C\CCCCCCCC(=O)OC(COC(=O)CCCCCCCCCCCCCCCCCCCCCCCCC)COP(=O)(O)OC. The second-order valence-corrected chi connectivity index (χ2v) is 17.5. The number of phosphoric ester groups is 1. The van der Waals surface area contributed by atoms with Crippen LogP contribution in [0, 0.1) is 0 Å². The average molecular weight is 801 g/mol. The largest absolute Gasteiger partial charge is 0.472 e. The lowest BCUT2D eigenvalue weighted by atomic mass is 10.0. The van der Waals surface area contributed by atoms with Gasteiger partial charge in [0, 0.05) is 20.0 Å². The van der Waals surface area contributed by atoms with Crippen molar-refractivity contribution < 1.29 is 37.6 Å². The predicted molar refractivity (Wildman–Crippen MR) is 230 cm³/mol. The molecule has 0 heterocycles. The maximum Gasteiger partial charge on any atom is 0.472 e. The quantitative estimate of drug-likeness (QED) is 0.0281. The summed E-state index contributed by atoms with van der Waals surface area (Å²) in [5.74, 6) is -0.800. The minimum Gasteiger partial charge on any atom is -0.462 e. The maximum absolute atomic E-state index is 12.5. The van der Waals surface area contributed by atoms with Gasteiger partial charge in [-0.15, -0.1) is 0 Å². The van der Waals surface area contributed by atoms with Crippen LogP contribution in [0.4, 0.5) is 0 Å². The molecule has 0 aliphatic heterocycles. The van der Waals surface area contributed by atoms with E-state index in [1.54, 1.807) is 0 Å². The van der Waals surface area contributed by atoms with Crippen LogP contribution in [0.5, 0.6) is 0 Å². The molecule has 0 aromatic carbocycles. The van der Waals surface area contributed by atoms with E-state index in [1.165, 1.54) is 161 Å². The van der Waals surface area contributed by atoms with E-state index in [0.717, 1.165) is 58.5 Å². The number of carbonyl (C=O) groups is 2. The predicted octanol–water partition coefficient (Wildman–Crippen LogP) is 14.8. The molecular weight excluding hydrogens is 711 g/mol. The molecule has 0 amide bonds. The molecule has 9 heteroatoms. The second kappa shape index (κ2) is 42.4. The van der Waals surface area contributed by atoms with Gasteiger partial charge in [-0.2, -0.15) is 0 Å². The van der Waals surface area contributed by atoms with Gasteiger partial charge in [-0.1, -0.05) is 206 Å². The standard InChI is InChI=1S/C46H89O8P/c1-4-6-8-10-12-14-16-18-19-20-21-22-23-24-25-26-27-29-30-32-34-36-38-40-45(47)52-42-44(43-53-55(49,50)51-3)54-46(48)41-39-37-35-33-31-28-17-15-13-11-9-7-5-2/h15,17,44H,4-14,16,18-43H2,1-3H3,(H,49,50)/b17-15-. The molecular formula is C46H89O8P. The van der Waals surface area contributed by atoms with Gasteiger partial charge >= 0.3 is 19.8 Å². The Bertz CT molecular complexity index is 910. The summed E-state index contributed by atoms with van der Waals surface area (Å²) in [5, 5.41) is 0. The maximum atomic E-state index is 12.5. The molecule has 0 radical (unpaired) electrons. The molecule has 8 nitrogen and oxygen atoms in total. The minimum atomic E-state index is -4.26. The molecule has 0 aromatic rings. The Kier molecular flexibility index (Phi) is 41.5. The fraction of sp³-hybridized carbons (Fsp3) is 0.913. The molecule has 0 spiro atoms. The molecule has 0 bridgehead atoms. The molecule has 1 N–H and O–H groups in total. The van der Waals surface area contributed by atoms with Gasteiger partial charge < -0.3 is 14.4 Å². The van der Waals surface area contributed by atoms with Crippen LogP contribution in [0.1, 0.15) is 245 Å². The van der Waals surface area contributed by atoms with Crippen LogP contribution < -0.4 is 0 Å². The number of rotatable bonds is 44. The van der Waals surface area contributed by atoms with Gasteiger partial charge in [0.15, 0.2) is 6.10 Å². The molecule has 0 aliphatic rings. The summed E-state index contributed by atoms with van der Waals surface area (Å²) in [5.41, 5.74) is 0. The van der Waals surface area contributed by atoms with E-state index >= 15 is 0 Å². The van der Waals surface area contributed by atoms with Crippen LogP contribution in [0.15, 0.2) is 12.2 Å². The fourth-order valence-corrected chi connectivity index (χ4v) is 7.35. The summed E-state index contributed by atoms with van der Waals surface area (Å²) < 4.78 is 32.0. The summed E-state index contributed by atoms with van der Waals surface area (Å²) in [6.07, 6.45) is 47.1. The van der Waals surface area contributed by atoms with Gasteiger partial charge in [0.1, 0.15) is 6.61 Å². The van der Waals surface area contributed by atoms with Crippen molar-refractivity contribution >= 4 is 19.8 Å². The van der Waals surface area contributed by atoms with E-state index in [0.29, 0.717) is 12.8 Å². The van der Waals surface area contributed by atoms with Crippen molar-refractivity contribution in [2.75, 3.05) is 20.3 Å². The van der Waals surface area contributed by atoms with Crippen molar-refractivity contribution in [3.8, 4) is 0 Å². The highest BCUT2D eigenvalue weighted by atomic mass is 31.2. The lowest BCUT2D eigenvalue weighted by Gasteiger charge is -2.19. The Hall–Kier alpha value is -1.21. The van der Waals surface area contributed by atoms with E-state index in [9.17, 15) is 19.0 Å². The Balaban J connectivity index is 3.85. The zero-order valence-electron chi connectivity index (χ0n) is 36.4. The molecule has 0 rings (SSSR count). The van der Waals surface area contributed by atoms with Crippen molar-refractivity contribution in [1.29, 1.82) is 0 Å². The normalized spacial score (nSPS) is 13.3. The van der Waals surface area contributed by atoms with Gasteiger partial charge in [-0.25, -0.2) is 4.57 Å².